The molecule has 1 heterocycles. The maximum absolute atomic E-state index is 11.5. The maximum Gasteiger partial charge on any atom is 0.328 e. The monoisotopic (exact) mass is 263 g/mol. The van der Waals surface area contributed by atoms with Crippen molar-refractivity contribution in [3.8, 4) is 11.8 Å². The summed E-state index contributed by atoms with van der Waals surface area (Å²) in [7, 11) is 0. The second-order valence-electron chi connectivity index (χ2n) is 4.24. The van der Waals surface area contributed by atoms with Crippen molar-refractivity contribution < 1.29 is 4.79 Å². The van der Waals surface area contributed by atoms with Gasteiger partial charge in [0.2, 0.25) is 5.91 Å². The number of hydrogen-bond donors (Lipinski definition) is 2. The first-order valence-corrected chi connectivity index (χ1v) is 6.06. The van der Waals surface area contributed by atoms with E-state index in [-0.39, 0.29) is 24.1 Å². The van der Waals surface area contributed by atoms with Crippen LogP contribution >= 0.6 is 0 Å². The van der Waals surface area contributed by atoms with E-state index in [9.17, 15) is 14.4 Å². The van der Waals surface area contributed by atoms with Crippen molar-refractivity contribution in [3.05, 3.63) is 32.6 Å². The van der Waals surface area contributed by atoms with Crippen LogP contribution in [-0.4, -0.2) is 22.0 Å². The molecule has 19 heavy (non-hydrogen) atoms. The Morgan fingerprint density at radius 1 is 1.47 bits per heavy atom. The van der Waals surface area contributed by atoms with Crippen molar-refractivity contribution in [2.45, 2.75) is 33.2 Å². The lowest BCUT2D eigenvalue weighted by Crippen LogP contribution is -2.32. The smallest absolute Gasteiger partial charge is 0.328 e. The fourth-order valence-electron chi connectivity index (χ4n) is 1.37. The molecule has 0 saturated heterocycles. The van der Waals surface area contributed by atoms with Gasteiger partial charge in [0, 0.05) is 18.7 Å². The van der Waals surface area contributed by atoms with Gasteiger partial charge in [-0.25, -0.2) is 4.79 Å². The van der Waals surface area contributed by atoms with E-state index in [2.05, 4.69) is 22.1 Å². The van der Waals surface area contributed by atoms with Gasteiger partial charge in [-0.05, 0) is 13.8 Å². The highest BCUT2D eigenvalue weighted by Gasteiger charge is 2.04. The minimum Gasteiger partial charge on any atom is -0.345 e. The van der Waals surface area contributed by atoms with Crippen LogP contribution in [0.4, 0.5) is 0 Å². The number of aromatic amines is 1. The zero-order valence-electron chi connectivity index (χ0n) is 11.2. The molecule has 0 bridgehead atoms. The second kappa shape index (κ2) is 6.59. The molecule has 0 spiro atoms. The number of carbonyl (C=O) groups is 1. The Kier molecular flexibility index (Phi) is 5.12. The highest BCUT2D eigenvalue weighted by molar-refractivity contribution is 5.75. The van der Waals surface area contributed by atoms with Crippen LogP contribution in [0.2, 0.25) is 0 Å². The van der Waals surface area contributed by atoms with Crippen LogP contribution in [0.25, 0.3) is 0 Å². The Hall–Kier alpha value is -2.29. The normalized spacial score (nSPS) is 9.89. The van der Waals surface area contributed by atoms with Gasteiger partial charge in [0.25, 0.3) is 5.56 Å². The molecule has 0 radical (unpaired) electrons. The molecule has 0 aliphatic heterocycles. The van der Waals surface area contributed by atoms with Gasteiger partial charge in [-0.1, -0.05) is 18.8 Å². The number of H-pyrrole nitrogens is 1. The van der Waals surface area contributed by atoms with E-state index in [1.165, 1.54) is 10.8 Å². The fourth-order valence-corrected chi connectivity index (χ4v) is 1.37. The first-order chi connectivity index (χ1) is 8.95. The molecular weight excluding hydrogens is 246 g/mol. The quantitative estimate of drug-likeness (QED) is 0.753. The van der Waals surface area contributed by atoms with Crippen molar-refractivity contribution in [1.29, 1.82) is 0 Å². The summed E-state index contributed by atoms with van der Waals surface area (Å²) in [6, 6.07) is -0.0651. The number of aromatic nitrogens is 2. The van der Waals surface area contributed by atoms with Crippen molar-refractivity contribution in [1.82, 2.24) is 14.9 Å². The van der Waals surface area contributed by atoms with E-state index in [1.54, 1.807) is 6.92 Å². The molecule has 0 atom stereocenters. The Labute approximate surface area is 110 Å². The summed E-state index contributed by atoms with van der Waals surface area (Å²) < 4.78 is 1.40. The largest absolute Gasteiger partial charge is 0.345 e. The molecule has 1 aromatic rings. The Balaban J connectivity index is 2.93. The van der Waals surface area contributed by atoms with Crippen LogP contribution < -0.4 is 16.6 Å². The maximum atomic E-state index is 11.5. The summed E-state index contributed by atoms with van der Waals surface area (Å²) in [4.78, 5) is 36.2. The van der Waals surface area contributed by atoms with Crippen molar-refractivity contribution >= 4 is 5.91 Å². The first-order valence-electron chi connectivity index (χ1n) is 6.06. The van der Waals surface area contributed by atoms with E-state index >= 15 is 0 Å². The van der Waals surface area contributed by atoms with Gasteiger partial charge in [0.15, 0.2) is 0 Å². The second-order valence-corrected chi connectivity index (χ2v) is 4.24. The number of amides is 1. The zero-order chi connectivity index (χ0) is 14.4. The molecule has 0 aromatic carbocycles. The molecule has 1 amide bonds. The minimum absolute atomic E-state index is 0.0651. The average molecular weight is 263 g/mol. The van der Waals surface area contributed by atoms with Crippen LogP contribution in [0.1, 0.15) is 38.8 Å². The first kappa shape index (κ1) is 14.8. The van der Waals surface area contributed by atoms with E-state index in [4.69, 9.17) is 0 Å². The molecule has 2 N–H and O–H groups in total. The van der Waals surface area contributed by atoms with Gasteiger partial charge >= 0.3 is 5.69 Å². The third-order valence-electron chi connectivity index (χ3n) is 2.44. The molecule has 0 unspecified atom stereocenters. The summed E-state index contributed by atoms with van der Waals surface area (Å²) in [5.74, 6) is 5.22. The molecule has 102 valence electrons. The number of hydrogen-bond acceptors (Lipinski definition) is 3. The topological polar surface area (TPSA) is 84.0 Å². The standard InChI is InChI=1S/C13H17N3O3/c1-4-11(17)14-7-5-6-10-8-16(9(2)3)13(19)15-12(10)18/h8-9H,4,7H2,1-3H3,(H,14,17)(H,15,18,19). The SMILES string of the molecule is CCC(=O)NCC#Cc1cn(C(C)C)c(=O)[nH]c1=O. The van der Waals surface area contributed by atoms with Crippen molar-refractivity contribution in [2.75, 3.05) is 6.54 Å². The van der Waals surface area contributed by atoms with E-state index in [0.29, 0.717) is 6.42 Å². The van der Waals surface area contributed by atoms with E-state index in [1.807, 2.05) is 13.8 Å². The molecule has 6 nitrogen and oxygen atoms in total. The van der Waals surface area contributed by atoms with Gasteiger partial charge in [0.1, 0.15) is 5.56 Å². The minimum atomic E-state index is -0.517. The number of carbonyl (C=O) groups excluding carboxylic acids is 1. The Morgan fingerprint density at radius 3 is 2.74 bits per heavy atom. The molecule has 6 heteroatoms. The predicted molar refractivity (Wildman–Crippen MR) is 71.9 cm³/mol. The van der Waals surface area contributed by atoms with Gasteiger partial charge in [-0.2, -0.15) is 0 Å². The van der Waals surface area contributed by atoms with E-state index < -0.39 is 11.2 Å². The van der Waals surface area contributed by atoms with Crippen LogP contribution in [-0.2, 0) is 4.79 Å². The van der Waals surface area contributed by atoms with Gasteiger partial charge in [0.05, 0.1) is 6.54 Å². The summed E-state index contributed by atoms with van der Waals surface area (Å²) in [6.45, 7) is 5.58. The average Bonchev–Trinajstić information content (AvgIpc) is 2.35. The highest BCUT2D eigenvalue weighted by atomic mass is 16.2. The summed E-state index contributed by atoms with van der Waals surface area (Å²) in [5.41, 5.74) is -0.764. The fraction of sp³-hybridized carbons (Fsp3) is 0.462. The highest BCUT2D eigenvalue weighted by Crippen LogP contribution is 1.98. The molecule has 0 aliphatic rings. The van der Waals surface area contributed by atoms with E-state index in [0.717, 1.165) is 0 Å². The van der Waals surface area contributed by atoms with Crippen LogP contribution in [0, 0.1) is 11.8 Å². The lowest BCUT2D eigenvalue weighted by atomic mass is 10.3. The van der Waals surface area contributed by atoms with Crippen LogP contribution in [0.5, 0.6) is 0 Å². The van der Waals surface area contributed by atoms with Gasteiger partial charge < -0.3 is 5.32 Å². The Morgan fingerprint density at radius 2 is 2.16 bits per heavy atom. The van der Waals surface area contributed by atoms with Crippen LogP contribution in [0.15, 0.2) is 15.8 Å². The van der Waals surface area contributed by atoms with Gasteiger partial charge in [-0.15, -0.1) is 0 Å². The number of rotatable bonds is 3. The molecule has 0 fully saturated rings. The van der Waals surface area contributed by atoms with Crippen molar-refractivity contribution in [3.63, 3.8) is 0 Å². The molecule has 1 aromatic heterocycles. The molecular formula is C13H17N3O3. The number of nitrogens with zero attached hydrogens (tertiary/aromatic N) is 1. The van der Waals surface area contributed by atoms with Crippen molar-refractivity contribution in [2.24, 2.45) is 0 Å². The lowest BCUT2D eigenvalue weighted by Gasteiger charge is -2.08. The molecule has 1 rings (SSSR count). The summed E-state index contributed by atoms with van der Waals surface area (Å²) in [5, 5.41) is 2.58. The lowest BCUT2D eigenvalue weighted by molar-refractivity contribution is -0.120. The predicted octanol–water partition coefficient (Wildman–Crippen LogP) is -0.00480. The third-order valence-corrected chi connectivity index (χ3v) is 2.44. The summed E-state index contributed by atoms with van der Waals surface area (Å²) >= 11 is 0. The molecule has 0 aliphatic carbocycles. The Bertz CT molecular complexity index is 629. The zero-order valence-corrected chi connectivity index (χ0v) is 11.2. The summed E-state index contributed by atoms with van der Waals surface area (Å²) in [6.07, 6.45) is 1.82. The van der Waals surface area contributed by atoms with Crippen LogP contribution in [0.3, 0.4) is 0 Å². The number of nitrogens with one attached hydrogen (secondary N) is 2. The molecule has 0 saturated carbocycles. The third kappa shape index (κ3) is 4.14. The van der Waals surface area contributed by atoms with Gasteiger partial charge in [-0.3, -0.25) is 19.1 Å².